The lowest BCUT2D eigenvalue weighted by atomic mass is 10.1. The van der Waals surface area contributed by atoms with Crippen LogP contribution in [0.5, 0.6) is 0 Å². The number of nitrogens with zero attached hydrogens (tertiary/aromatic N) is 5. The van der Waals surface area contributed by atoms with Crippen molar-refractivity contribution in [3.8, 4) is 17.1 Å². The Hall–Kier alpha value is -3.55. The zero-order valence-corrected chi connectivity index (χ0v) is 13.3. The summed E-state index contributed by atoms with van der Waals surface area (Å²) in [7, 11) is 0. The van der Waals surface area contributed by atoms with Gasteiger partial charge in [0.2, 0.25) is 5.89 Å². The smallest absolute Gasteiger partial charge is 0.396 e. The number of hydrogen-bond acceptors (Lipinski definition) is 7. The number of carbonyl (C=O) groups is 1. The molecule has 0 radical (unpaired) electrons. The van der Waals surface area contributed by atoms with Crippen molar-refractivity contribution in [2.24, 2.45) is 0 Å². The van der Waals surface area contributed by atoms with Crippen molar-refractivity contribution in [1.82, 2.24) is 25.0 Å². The fourth-order valence-electron chi connectivity index (χ4n) is 2.40. The van der Waals surface area contributed by atoms with Crippen LogP contribution in [0.15, 0.2) is 53.3 Å². The lowest BCUT2D eigenvalue weighted by Crippen LogP contribution is -2.04. The molecule has 4 aromatic rings. The fraction of sp³-hybridized carbons (Fsp3) is 0.118. The summed E-state index contributed by atoms with van der Waals surface area (Å²) in [6.45, 7) is 1.96. The second-order valence-corrected chi connectivity index (χ2v) is 5.19. The molecule has 0 spiro atoms. The molecule has 0 saturated carbocycles. The lowest BCUT2D eigenvalue weighted by Gasteiger charge is -1.97. The summed E-state index contributed by atoms with van der Waals surface area (Å²) in [4.78, 5) is 15.7. The Morgan fingerprint density at radius 1 is 1.28 bits per heavy atom. The highest BCUT2D eigenvalue weighted by Crippen LogP contribution is 2.24. The Balaban J connectivity index is 1.69. The molecule has 1 aromatic carbocycles. The average Bonchev–Trinajstić information content (AvgIpc) is 3.29. The van der Waals surface area contributed by atoms with E-state index in [2.05, 4.69) is 20.3 Å². The third kappa shape index (κ3) is 2.85. The Morgan fingerprint density at radius 3 is 3.00 bits per heavy atom. The second-order valence-electron chi connectivity index (χ2n) is 5.19. The minimum atomic E-state index is -0.633. The molecule has 0 bridgehead atoms. The van der Waals surface area contributed by atoms with Crippen LogP contribution in [0.3, 0.4) is 0 Å². The summed E-state index contributed by atoms with van der Waals surface area (Å²) in [6.07, 6.45) is 5.33. The first kappa shape index (κ1) is 15.0. The van der Waals surface area contributed by atoms with E-state index >= 15 is 0 Å². The number of benzene rings is 1. The number of aromatic nitrogens is 5. The van der Waals surface area contributed by atoms with Crippen LogP contribution in [-0.2, 0) is 4.74 Å². The number of ether oxygens (including phenoxy) is 1. The van der Waals surface area contributed by atoms with Crippen molar-refractivity contribution in [3.63, 3.8) is 0 Å². The van der Waals surface area contributed by atoms with E-state index in [0.29, 0.717) is 5.56 Å². The molecule has 0 unspecified atom stereocenters. The largest absolute Gasteiger partial charge is 0.459 e. The van der Waals surface area contributed by atoms with Crippen LogP contribution in [0, 0.1) is 0 Å². The van der Waals surface area contributed by atoms with Gasteiger partial charge in [-0.2, -0.15) is 5.10 Å². The summed E-state index contributed by atoms with van der Waals surface area (Å²) in [6, 6.07) is 9.31. The SMILES string of the molecule is CCOC(=O)c1nnc(-c2ccc3nn(-c4cccnc4)cc3c2)o1. The molecule has 4 rings (SSSR count). The second kappa shape index (κ2) is 6.16. The maximum absolute atomic E-state index is 11.6. The quantitative estimate of drug-likeness (QED) is 0.529. The first-order valence-corrected chi connectivity index (χ1v) is 7.65. The van der Waals surface area contributed by atoms with Crippen LogP contribution >= 0.6 is 0 Å². The van der Waals surface area contributed by atoms with Crippen molar-refractivity contribution in [2.75, 3.05) is 6.61 Å². The number of rotatable bonds is 4. The Morgan fingerprint density at radius 2 is 2.20 bits per heavy atom. The third-order valence-electron chi connectivity index (χ3n) is 3.54. The normalized spacial score (nSPS) is 10.9. The van der Waals surface area contributed by atoms with Gasteiger partial charge < -0.3 is 9.15 Å². The predicted molar refractivity (Wildman–Crippen MR) is 88.1 cm³/mol. The van der Waals surface area contributed by atoms with E-state index in [0.717, 1.165) is 16.6 Å². The maximum atomic E-state index is 11.6. The van der Waals surface area contributed by atoms with E-state index in [1.54, 1.807) is 24.0 Å². The number of hydrogen-bond donors (Lipinski definition) is 0. The van der Waals surface area contributed by atoms with E-state index < -0.39 is 5.97 Å². The van der Waals surface area contributed by atoms with Crippen LogP contribution in [0.1, 0.15) is 17.6 Å². The van der Waals surface area contributed by atoms with Crippen LogP contribution in [0.4, 0.5) is 0 Å². The molecule has 0 atom stereocenters. The molecule has 0 aliphatic carbocycles. The van der Waals surface area contributed by atoms with Crippen molar-refractivity contribution >= 4 is 16.9 Å². The molecule has 0 N–H and O–H groups in total. The van der Waals surface area contributed by atoms with Gasteiger partial charge in [-0.15, -0.1) is 10.2 Å². The van der Waals surface area contributed by atoms with E-state index in [1.165, 1.54) is 0 Å². The third-order valence-corrected chi connectivity index (χ3v) is 3.54. The summed E-state index contributed by atoms with van der Waals surface area (Å²) in [5.41, 5.74) is 2.38. The van der Waals surface area contributed by atoms with Crippen molar-refractivity contribution < 1.29 is 13.9 Å². The van der Waals surface area contributed by atoms with Gasteiger partial charge in [-0.25, -0.2) is 9.48 Å². The molecule has 8 nitrogen and oxygen atoms in total. The Labute approximate surface area is 142 Å². The molecule has 8 heteroatoms. The van der Waals surface area contributed by atoms with Gasteiger partial charge >= 0.3 is 11.9 Å². The number of pyridine rings is 1. The highest BCUT2D eigenvalue weighted by Gasteiger charge is 2.17. The van der Waals surface area contributed by atoms with Gasteiger partial charge in [0.15, 0.2) is 0 Å². The average molecular weight is 335 g/mol. The lowest BCUT2D eigenvalue weighted by molar-refractivity contribution is 0.0481. The number of carbonyl (C=O) groups excluding carboxylic acids is 1. The highest BCUT2D eigenvalue weighted by atomic mass is 16.5. The Kier molecular flexibility index (Phi) is 3.70. The van der Waals surface area contributed by atoms with E-state index in [-0.39, 0.29) is 18.4 Å². The fourth-order valence-corrected chi connectivity index (χ4v) is 2.40. The van der Waals surface area contributed by atoms with Gasteiger partial charge in [0.05, 0.1) is 24.0 Å². The van der Waals surface area contributed by atoms with Crippen LogP contribution < -0.4 is 0 Å². The zero-order chi connectivity index (χ0) is 17.2. The van der Waals surface area contributed by atoms with Gasteiger partial charge in [-0.3, -0.25) is 4.98 Å². The van der Waals surface area contributed by atoms with E-state index in [4.69, 9.17) is 9.15 Å². The predicted octanol–water partition coefficient (Wildman–Crippen LogP) is 2.65. The van der Waals surface area contributed by atoms with Gasteiger partial charge in [0, 0.05) is 23.3 Å². The topological polar surface area (TPSA) is 95.9 Å². The van der Waals surface area contributed by atoms with E-state index in [9.17, 15) is 4.79 Å². The summed E-state index contributed by atoms with van der Waals surface area (Å²) in [5, 5.41) is 13.0. The molecule has 0 aliphatic heterocycles. The first-order valence-electron chi connectivity index (χ1n) is 7.65. The summed E-state index contributed by atoms with van der Waals surface area (Å²) < 4.78 is 12.0. The molecular weight excluding hydrogens is 322 g/mol. The summed E-state index contributed by atoms with van der Waals surface area (Å²) >= 11 is 0. The molecule has 0 amide bonds. The minimum absolute atomic E-state index is 0.164. The molecule has 3 heterocycles. The molecule has 0 fully saturated rings. The van der Waals surface area contributed by atoms with Gasteiger partial charge in [-0.05, 0) is 37.3 Å². The standard InChI is InChI=1S/C17H13N5O3/c1-2-24-17(23)16-20-19-15(25-16)11-5-6-14-12(8-11)10-22(21-14)13-4-3-7-18-9-13/h3-10H,2H2,1H3. The molecule has 25 heavy (non-hydrogen) atoms. The molecule has 3 aromatic heterocycles. The van der Waals surface area contributed by atoms with Gasteiger partial charge in [-0.1, -0.05) is 0 Å². The van der Waals surface area contributed by atoms with Crippen LogP contribution in [0.2, 0.25) is 0 Å². The number of esters is 1. The van der Waals surface area contributed by atoms with Crippen molar-refractivity contribution in [2.45, 2.75) is 6.92 Å². The zero-order valence-electron chi connectivity index (χ0n) is 13.3. The molecule has 124 valence electrons. The van der Waals surface area contributed by atoms with E-state index in [1.807, 2.05) is 36.5 Å². The van der Waals surface area contributed by atoms with Crippen molar-refractivity contribution in [1.29, 1.82) is 0 Å². The van der Waals surface area contributed by atoms with Gasteiger partial charge in [0.1, 0.15) is 0 Å². The minimum Gasteiger partial charge on any atom is -0.459 e. The molecule has 0 aliphatic rings. The van der Waals surface area contributed by atoms with Crippen molar-refractivity contribution in [3.05, 3.63) is 54.8 Å². The molecule has 0 saturated heterocycles. The Bertz CT molecular complexity index is 1040. The van der Waals surface area contributed by atoms with Crippen LogP contribution in [0.25, 0.3) is 28.0 Å². The summed E-state index contributed by atoms with van der Waals surface area (Å²) in [5.74, 6) is -0.547. The van der Waals surface area contributed by atoms with Crippen LogP contribution in [-0.4, -0.2) is 37.5 Å². The molecular formula is C17H13N5O3. The monoisotopic (exact) mass is 335 g/mol. The highest BCUT2D eigenvalue weighted by molar-refractivity contribution is 5.85. The maximum Gasteiger partial charge on any atom is 0.396 e. The van der Waals surface area contributed by atoms with Gasteiger partial charge in [0.25, 0.3) is 0 Å². The number of fused-ring (bicyclic) bond motifs is 1. The first-order chi connectivity index (χ1) is 12.2.